The first-order chi connectivity index (χ1) is 6.67. The Kier molecular flexibility index (Phi) is 3.28. The molecular formula is C12H17NO. The summed E-state index contributed by atoms with van der Waals surface area (Å²) in [5.41, 5.74) is 6.03. The van der Waals surface area contributed by atoms with Gasteiger partial charge in [-0.3, -0.25) is 4.79 Å². The van der Waals surface area contributed by atoms with Gasteiger partial charge in [-0.2, -0.15) is 0 Å². The zero-order valence-corrected chi connectivity index (χ0v) is 8.79. The van der Waals surface area contributed by atoms with Crippen LogP contribution < -0.4 is 5.73 Å². The molecule has 2 nitrogen and oxygen atoms in total. The van der Waals surface area contributed by atoms with E-state index in [9.17, 15) is 4.79 Å². The monoisotopic (exact) mass is 191 g/mol. The molecule has 0 bridgehead atoms. The van der Waals surface area contributed by atoms with Crippen molar-refractivity contribution in [2.75, 3.05) is 0 Å². The smallest absolute Gasteiger partial charge is 0.228 e. The van der Waals surface area contributed by atoms with Crippen molar-refractivity contribution in [1.82, 2.24) is 0 Å². The van der Waals surface area contributed by atoms with E-state index in [1.54, 1.807) is 0 Å². The molecule has 0 spiro atoms. The molecule has 2 N–H and O–H groups in total. The fraction of sp³-hybridized carbons (Fsp3) is 0.417. The van der Waals surface area contributed by atoms with E-state index >= 15 is 0 Å². The number of nitrogens with two attached hydrogens (primary N) is 1. The van der Waals surface area contributed by atoms with Gasteiger partial charge in [0.2, 0.25) is 5.91 Å². The van der Waals surface area contributed by atoms with E-state index in [4.69, 9.17) is 5.73 Å². The van der Waals surface area contributed by atoms with Crippen molar-refractivity contribution >= 4 is 5.91 Å². The van der Waals surface area contributed by atoms with Crippen LogP contribution >= 0.6 is 0 Å². The van der Waals surface area contributed by atoms with E-state index < -0.39 is 5.41 Å². The maximum absolute atomic E-state index is 11.5. The first-order valence-electron chi connectivity index (χ1n) is 5.02. The second-order valence-electron chi connectivity index (χ2n) is 3.52. The van der Waals surface area contributed by atoms with E-state index in [0.29, 0.717) is 0 Å². The Morgan fingerprint density at radius 1 is 1.21 bits per heavy atom. The molecule has 0 fully saturated rings. The topological polar surface area (TPSA) is 43.1 Å². The third-order valence-electron chi connectivity index (χ3n) is 3.01. The zero-order valence-electron chi connectivity index (χ0n) is 8.79. The van der Waals surface area contributed by atoms with Crippen molar-refractivity contribution in [2.24, 2.45) is 5.73 Å². The van der Waals surface area contributed by atoms with Crippen LogP contribution in [0.2, 0.25) is 0 Å². The molecule has 2 heteroatoms. The van der Waals surface area contributed by atoms with Crippen LogP contribution in [0.1, 0.15) is 32.3 Å². The Morgan fingerprint density at radius 2 is 1.71 bits per heavy atom. The SMILES string of the molecule is CCC(CC)(C(N)=O)c1ccccc1. The lowest BCUT2D eigenvalue weighted by molar-refractivity contribution is -0.123. The molecule has 0 saturated heterocycles. The number of carbonyl (C=O) groups excluding carboxylic acids is 1. The summed E-state index contributed by atoms with van der Waals surface area (Å²) >= 11 is 0. The van der Waals surface area contributed by atoms with Gasteiger partial charge in [0.15, 0.2) is 0 Å². The van der Waals surface area contributed by atoms with E-state index in [1.165, 1.54) is 0 Å². The van der Waals surface area contributed by atoms with Crippen molar-refractivity contribution < 1.29 is 4.79 Å². The van der Waals surface area contributed by atoms with Crippen molar-refractivity contribution in [2.45, 2.75) is 32.1 Å². The Morgan fingerprint density at radius 3 is 2.07 bits per heavy atom. The predicted octanol–water partition coefficient (Wildman–Crippen LogP) is 2.23. The second kappa shape index (κ2) is 4.27. The minimum atomic E-state index is -0.485. The molecular weight excluding hydrogens is 174 g/mol. The standard InChI is InChI=1S/C12H17NO/c1-3-12(4-2,11(13)14)10-8-6-5-7-9-10/h5-9H,3-4H2,1-2H3,(H2,13,14). The van der Waals surface area contributed by atoms with Gasteiger partial charge in [-0.25, -0.2) is 0 Å². The number of rotatable bonds is 4. The molecule has 0 aromatic heterocycles. The van der Waals surface area contributed by atoms with Crippen LogP contribution in [-0.4, -0.2) is 5.91 Å². The highest BCUT2D eigenvalue weighted by atomic mass is 16.1. The summed E-state index contributed by atoms with van der Waals surface area (Å²) in [6.07, 6.45) is 1.51. The lowest BCUT2D eigenvalue weighted by atomic mass is 9.75. The summed E-state index contributed by atoms with van der Waals surface area (Å²) in [6.45, 7) is 4.00. The number of hydrogen-bond acceptors (Lipinski definition) is 1. The third-order valence-corrected chi connectivity index (χ3v) is 3.01. The molecule has 0 saturated carbocycles. The van der Waals surface area contributed by atoms with Crippen molar-refractivity contribution in [3.8, 4) is 0 Å². The lowest BCUT2D eigenvalue weighted by Gasteiger charge is -2.28. The Labute approximate surface area is 85.1 Å². The van der Waals surface area contributed by atoms with Crippen LogP contribution in [0.4, 0.5) is 0 Å². The van der Waals surface area contributed by atoms with Crippen LogP contribution in [-0.2, 0) is 10.2 Å². The van der Waals surface area contributed by atoms with Crippen molar-refractivity contribution in [3.05, 3.63) is 35.9 Å². The van der Waals surface area contributed by atoms with Gasteiger partial charge >= 0.3 is 0 Å². The number of amides is 1. The maximum Gasteiger partial charge on any atom is 0.228 e. The Hall–Kier alpha value is -1.31. The average molecular weight is 191 g/mol. The van der Waals surface area contributed by atoms with E-state index in [0.717, 1.165) is 18.4 Å². The number of carbonyl (C=O) groups is 1. The van der Waals surface area contributed by atoms with E-state index in [2.05, 4.69) is 0 Å². The van der Waals surface area contributed by atoms with Gasteiger partial charge in [-0.15, -0.1) is 0 Å². The van der Waals surface area contributed by atoms with Gasteiger partial charge in [0.1, 0.15) is 0 Å². The van der Waals surface area contributed by atoms with E-state index in [-0.39, 0.29) is 5.91 Å². The molecule has 0 aliphatic rings. The van der Waals surface area contributed by atoms with Crippen LogP contribution in [0.3, 0.4) is 0 Å². The summed E-state index contributed by atoms with van der Waals surface area (Å²) in [4.78, 5) is 11.5. The summed E-state index contributed by atoms with van der Waals surface area (Å²) in [7, 11) is 0. The fourth-order valence-electron chi connectivity index (χ4n) is 1.91. The molecule has 0 radical (unpaired) electrons. The van der Waals surface area contributed by atoms with Crippen LogP contribution in [0.15, 0.2) is 30.3 Å². The molecule has 0 aliphatic carbocycles. The molecule has 1 aromatic carbocycles. The number of benzene rings is 1. The zero-order chi connectivity index (χ0) is 10.6. The summed E-state index contributed by atoms with van der Waals surface area (Å²) < 4.78 is 0. The van der Waals surface area contributed by atoms with Crippen LogP contribution in [0.5, 0.6) is 0 Å². The molecule has 0 unspecified atom stereocenters. The van der Waals surface area contributed by atoms with E-state index in [1.807, 2.05) is 44.2 Å². The molecule has 0 aliphatic heterocycles. The Bertz CT molecular complexity index is 301. The first-order valence-corrected chi connectivity index (χ1v) is 5.02. The van der Waals surface area contributed by atoms with Gasteiger partial charge < -0.3 is 5.73 Å². The van der Waals surface area contributed by atoms with Gasteiger partial charge in [-0.05, 0) is 18.4 Å². The molecule has 0 heterocycles. The summed E-state index contributed by atoms with van der Waals surface area (Å²) in [5, 5.41) is 0. The number of primary amides is 1. The normalized spacial score (nSPS) is 11.3. The minimum Gasteiger partial charge on any atom is -0.369 e. The highest BCUT2D eigenvalue weighted by Gasteiger charge is 2.34. The molecule has 0 atom stereocenters. The van der Waals surface area contributed by atoms with Gasteiger partial charge in [0, 0.05) is 0 Å². The van der Waals surface area contributed by atoms with Crippen molar-refractivity contribution in [3.63, 3.8) is 0 Å². The molecule has 1 amide bonds. The molecule has 76 valence electrons. The highest BCUT2D eigenvalue weighted by Crippen LogP contribution is 2.30. The molecule has 14 heavy (non-hydrogen) atoms. The molecule has 1 aromatic rings. The van der Waals surface area contributed by atoms with Crippen molar-refractivity contribution in [1.29, 1.82) is 0 Å². The maximum atomic E-state index is 11.5. The fourth-order valence-corrected chi connectivity index (χ4v) is 1.91. The second-order valence-corrected chi connectivity index (χ2v) is 3.52. The Balaban J connectivity index is 3.18. The lowest BCUT2D eigenvalue weighted by Crippen LogP contribution is -2.40. The van der Waals surface area contributed by atoms with Crippen LogP contribution in [0.25, 0.3) is 0 Å². The first kappa shape index (κ1) is 10.8. The van der Waals surface area contributed by atoms with Gasteiger partial charge in [0.05, 0.1) is 5.41 Å². The third kappa shape index (κ3) is 1.65. The quantitative estimate of drug-likeness (QED) is 0.779. The number of hydrogen-bond donors (Lipinski definition) is 1. The van der Waals surface area contributed by atoms with Gasteiger partial charge in [-0.1, -0.05) is 44.2 Å². The summed E-state index contributed by atoms with van der Waals surface area (Å²) in [5.74, 6) is -0.228. The minimum absolute atomic E-state index is 0.228. The predicted molar refractivity (Wildman–Crippen MR) is 57.9 cm³/mol. The average Bonchev–Trinajstić information content (AvgIpc) is 2.22. The van der Waals surface area contributed by atoms with Gasteiger partial charge in [0.25, 0.3) is 0 Å². The van der Waals surface area contributed by atoms with Crippen LogP contribution in [0, 0.1) is 0 Å². The molecule has 1 rings (SSSR count). The summed E-state index contributed by atoms with van der Waals surface area (Å²) in [6, 6.07) is 9.77. The highest BCUT2D eigenvalue weighted by molar-refractivity contribution is 5.86. The largest absolute Gasteiger partial charge is 0.369 e.